The number of ether oxygens (including phenoxy) is 1. The molecule has 29 heavy (non-hydrogen) atoms. The van der Waals surface area contributed by atoms with Gasteiger partial charge in [-0.05, 0) is 83.9 Å². The van der Waals surface area contributed by atoms with Crippen molar-refractivity contribution in [3.8, 4) is 0 Å². The van der Waals surface area contributed by atoms with Crippen LogP contribution in [0.2, 0.25) is 0 Å². The number of halogens is 1. The molecule has 2 aromatic carbocycles. The molecule has 2 saturated heterocycles. The molecule has 2 bridgehead atoms. The Morgan fingerprint density at radius 1 is 1.17 bits per heavy atom. The van der Waals surface area contributed by atoms with Crippen molar-refractivity contribution >= 4 is 28.6 Å². The molecule has 2 aromatic rings. The van der Waals surface area contributed by atoms with Gasteiger partial charge in [-0.1, -0.05) is 49.4 Å². The van der Waals surface area contributed by atoms with Gasteiger partial charge in [-0.25, -0.2) is 0 Å². The standard InChI is InChI=1S/C25H30INO2/c1-2-18-10-11-19(15-22(18)26)21-16-20-12-13-23(27-20)24(21)25(28)29-14-6-9-17-7-4-3-5-8-17/h3-5,7-8,10-11,15,20-21,23-24,27H,2,6,9,12-14,16H2,1H3. The summed E-state index contributed by atoms with van der Waals surface area (Å²) in [6.45, 7) is 2.69. The number of nitrogens with one attached hydrogen (secondary N) is 1. The van der Waals surface area contributed by atoms with Crippen LogP contribution in [0.3, 0.4) is 0 Å². The van der Waals surface area contributed by atoms with Gasteiger partial charge in [-0.3, -0.25) is 4.79 Å². The number of fused-ring (bicyclic) bond motifs is 2. The summed E-state index contributed by atoms with van der Waals surface area (Å²) < 4.78 is 7.11. The number of carbonyl (C=O) groups excluding carboxylic acids is 1. The lowest BCUT2D eigenvalue weighted by Gasteiger charge is -2.36. The minimum atomic E-state index is -0.0752. The molecule has 3 nitrogen and oxygen atoms in total. The van der Waals surface area contributed by atoms with Gasteiger partial charge in [0.1, 0.15) is 0 Å². The van der Waals surface area contributed by atoms with E-state index in [1.807, 2.05) is 6.07 Å². The van der Waals surface area contributed by atoms with Crippen LogP contribution in [0.4, 0.5) is 0 Å². The topological polar surface area (TPSA) is 38.3 Å². The van der Waals surface area contributed by atoms with Crippen LogP contribution in [0, 0.1) is 9.49 Å². The summed E-state index contributed by atoms with van der Waals surface area (Å²) in [4.78, 5) is 13.1. The summed E-state index contributed by atoms with van der Waals surface area (Å²) in [7, 11) is 0. The first-order chi connectivity index (χ1) is 14.2. The monoisotopic (exact) mass is 503 g/mol. The molecule has 0 aliphatic carbocycles. The van der Waals surface area contributed by atoms with E-state index >= 15 is 0 Å². The zero-order valence-electron chi connectivity index (χ0n) is 17.1. The van der Waals surface area contributed by atoms with Crippen LogP contribution in [-0.4, -0.2) is 24.7 Å². The van der Waals surface area contributed by atoms with E-state index < -0.39 is 0 Å². The van der Waals surface area contributed by atoms with Crippen LogP contribution < -0.4 is 5.32 Å². The number of aryl methyl sites for hydroxylation is 2. The van der Waals surface area contributed by atoms with Gasteiger partial charge in [0.25, 0.3) is 0 Å². The molecular formula is C25H30INO2. The van der Waals surface area contributed by atoms with E-state index in [4.69, 9.17) is 4.74 Å². The molecule has 2 aliphatic rings. The SMILES string of the molecule is CCc1ccc(C2CC3CCC(N3)C2C(=O)OCCCc2ccccc2)cc1I. The van der Waals surface area contributed by atoms with E-state index in [0.717, 1.165) is 32.1 Å². The van der Waals surface area contributed by atoms with E-state index in [9.17, 15) is 4.79 Å². The normalized spacial score (nSPS) is 25.7. The predicted molar refractivity (Wildman–Crippen MR) is 125 cm³/mol. The quantitative estimate of drug-likeness (QED) is 0.319. The first kappa shape index (κ1) is 20.9. The number of piperidine rings is 1. The highest BCUT2D eigenvalue weighted by Crippen LogP contribution is 2.43. The van der Waals surface area contributed by atoms with Gasteiger partial charge in [-0.15, -0.1) is 0 Å². The smallest absolute Gasteiger partial charge is 0.311 e. The Labute approximate surface area is 187 Å². The lowest BCUT2D eigenvalue weighted by atomic mass is 9.77. The first-order valence-corrected chi connectivity index (χ1v) is 12.0. The molecule has 0 spiro atoms. The minimum Gasteiger partial charge on any atom is -0.465 e. The predicted octanol–water partition coefficient (Wildman–Crippen LogP) is 5.25. The van der Waals surface area contributed by atoms with Crippen molar-refractivity contribution in [2.24, 2.45) is 5.92 Å². The molecule has 0 aromatic heterocycles. The average molecular weight is 503 g/mol. The zero-order chi connectivity index (χ0) is 20.2. The molecule has 4 rings (SSSR count). The maximum absolute atomic E-state index is 13.1. The van der Waals surface area contributed by atoms with Crippen LogP contribution in [0.15, 0.2) is 48.5 Å². The summed E-state index contributed by atoms with van der Waals surface area (Å²) in [5.41, 5.74) is 3.98. The molecule has 2 fully saturated rings. The van der Waals surface area contributed by atoms with Crippen LogP contribution in [0.25, 0.3) is 0 Å². The molecule has 0 saturated carbocycles. The molecule has 4 unspecified atom stereocenters. The third-order valence-electron chi connectivity index (χ3n) is 6.54. The first-order valence-electron chi connectivity index (χ1n) is 10.9. The Bertz CT molecular complexity index is 838. The molecule has 0 amide bonds. The number of hydrogen-bond donors (Lipinski definition) is 1. The van der Waals surface area contributed by atoms with Crippen molar-refractivity contribution in [2.45, 2.75) is 63.5 Å². The molecule has 4 heteroatoms. The Morgan fingerprint density at radius 3 is 2.76 bits per heavy atom. The average Bonchev–Trinajstić information content (AvgIpc) is 3.12. The van der Waals surface area contributed by atoms with Gasteiger partial charge >= 0.3 is 5.97 Å². The number of benzene rings is 2. The molecular weight excluding hydrogens is 473 g/mol. The molecule has 0 radical (unpaired) electrons. The van der Waals surface area contributed by atoms with Crippen molar-refractivity contribution in [1.29, 1.82) is 0 Å². The lowest BCUT2D eigenvalue weighted by Crippen LogP contribution is -2.48. The third-order valence-corrected chi connectivity index (χ3v) is 7.54. The van der Waals surface area contributed by atoms with Crippen molar-refractivity contribution in [2.75, 3.05) is 6.61 Å². The maximum atomic E-state index is 13.1. The summed E-state index contributed by atoms with van der Waals surface area (Å²) in [6.07, 6.45) is 6.14. The van der Waals surface area contributed by atoms with Gasteiger partial charge in [0, 0.05) is 21.6 Å². The van der Waals surface area contributed by atoms with Crippen LogP contribution in [0.1, 0.15) is 55.2 Å². The van der Waals surface area contributed by atoms with Crippen molar-refractivity contribution < 1.29 is 9.53 Å². The van der Waals surface area contributed by atoms with Gasteiger partial charge in [0.15, 0.2) is 0 Å². The molecule has 154 valence electrons. The second-order valence-corrected chi connectivity index (χ2v) is 9.54. The Hall–Kier alpha value is -1.40. The lowest BCUT2D eigenvalue weighted by molar-refractivity contribution is -0.151. The van der Waals surface area contributed by atoms with Crippen molar-refractivity contribution in [1.82, 2.24) is 5.32 Å². The maximum Gasteiger partial charge on any atom is 0.311 e. The highest BCUT2D eigenvalue weighted by molar-refractivity contribution is 14.1. The summed E-state index contributed by atoms with van der Waals surface area (Å²) in [5, 5.41) is 3.67. The van der Waals surface area contributed by atoms with Gasteiger partial charge in [0.05, 0.1) is 12.5 Å². The Kier molecular flexibility index (Phi) is 6.91. The van der Waals surface area contributed by atoms with Gasteiger partial charge in [0.2, 0.25) is 0 Å². The number of hydrogen-bond acceptors (Lipinski definition) is 3. The minimum absolute atomic E-state index is 0.0181. The highest BCUT2D eigenvalue weighted by atomic mass is 127. The Morgan fingerprint density at radius 2 is 2.00 bits per heavy atom. The number of esters is 1. The van der Waals surface area contributed by atoms with Crippen LogP contribution in [-0.2, 0) is 22.4 Å². The second kappa shape index (κ2) is 9.61. The number of carbonyl (C=O) groups is 1. The summed E-state index contributed by atoms with van der Waals surface area (Å²) in [6, 6.07) is 18.0. The van der Waals surface area contributed by atoms with Gasteiger partial charge < -0.3 is 10.1 Å². The third kappa shape index (κ3) is 4.85. The highest BCUT2D eigenvalue weighted by Gasteiger charge is 2.46. The van der Waals surface area contributed by atoms with Crippen molar-refractivity contribution in [3.63, 3.8) is 0 Å². The van der Waals surface area contributed by atoms with Crippen LogP contribution >= 0.6 is 22.6 Å². The molecule has 1 N–H and O–H groups in total. The van der Waals surface area contributed by atoms with E-state index in [-0.39, 0.29) is 23.8 Å². The second-order valence-electron chi connectivity index (χ2n) is 8.38. The fourth-order valence-corrected chi connectivity index (χ4v) is 5.92. The van der Waals surface area contributed by atoms with Crippen molar-refractivity contribution in [3.05, 3.63) is 68.8 Å². The fourth-order valence-electron chi connectivity index (χ4n) is 5.00. The number of rotatable bonds is 7. The van der Waals surface area contributed by atoms with E-state index in [2.05, 4.69) is 77.3 Å². The van der Waals surface area contributed by atoms with Crippen LogP contribution in [0.5, 0.6) is 0 Å². The largest absolute Gasteiger partial charge is 0.465 e. The van der Waals surface area contributed by atoms with E-state index in [1.54, 1.807) is 0 Å². The van der Waals surface area contributed by atoms with Gasteiger partial charge in [-0.2, -0.15) is 0 Å². The Balaban J connectivity index is 1.42. The fraction of sp³-hybridized carbons (Fsp3) is 0.480. The zero-order valence-corrected chi connectivity index (χ0v) is 19.2. The van der Waals surface area contributed by atoms with E-state index in [0.29, 0.717) is 12.6 Å². The summed E-state index contributed by atoms with van der Waals surface area (Å²) >= 11 is 2.43. The molecule has 2 aliphatic heterocycles. The van der Waals surface area contributed by atoms with E-state index in [1.165, 1.54) is 26.7 Å². The molecule has 2 heterocycles. The molecule has 4 atom stereocenters. The summed E-state index contributed by atoms with van der Waals surface area (Å²) in [5.74, 6) is 0.166.